The molecule has 2 spiro atoms. The summed E-state index contributed by atoms with van der Waals surface area (Å²) in [7, 11) is 0. The zero-order valence-electron chi connectivity index (χ0n) is 56.6. The molecule has 4 saturated carbocycles. The number of hydrogen-bond donors (Lipinski definition) is 4. The number of carbonyl (C=O) groups excluding carboxylic acids is 4. The Morgan fingerprint density at radius 2 is 0.663 bits per heavy atom. The van der Waals surface area contributed by atoms with E-state index in [9.17, 15) is 30.0 Å². The number of rotatable bonds is 16. The Morgan fingerprint density at radius 1 is 0.422 bits per heavy atom. The standard InChI is InChI=1S/C73H116O10/c1-63(2,3)45-29-43(30-46(59(45)78)64(4,5)6)25-27-57(76)82-41-71(39-55(74)49-33-72(49)35-51(67(13,14)15)61(80)52(36-72)68(16,17)18,40-56(75)50-34-73(50)37-53(69(19,20)21)62(81)54(38-73)70(22,23)24)42-83-58(77)28-26-44-31-47(65(7,8)9)60(79)48(32-44)66(10,11)12/h29-32,49-54,61-62,78-81H,25-28,33-42H2,1-24H3. The van der Waals surface area contributed by atoms with Crippen LogP contribution in [0.25, 0.3) is 0 Å². The molecule has 4 N–H and O–H groups in total. The van der Waals surface area contributed by atoms with Crippen molar-refractivity contribution in [2.45, 2.75) is 277 Å². The number of carbonyl (C=O) groups is 4. The molecular formula is C73H116O10. The van der Waals surface area contributed by atoms with Gasteiger partial charge in [-0.15, -0.1) is 0 Å². The molecule has 4 aliphatic rings. The third-order valence-electron chi connectivity index (χ3n) is 20.7. The molecular weight excluding hydrogens is 1040 g/mol. The molecule has 6 rings (SSSR count). The molecule has 0 bridgehead atoms. The summed E-state index contributed by atoms with van der Waals surface area (Å²) >= 11 is 0. The van der Waals surface area contributed by atoms with E-state index in [0.717, 1.165) is 33.4 Å². The van der Waals surface area contributed by atoms with Gasteiger partial charge in [0.05, 0.1) is 17.6 Å². The average Bonchev–Trinajstić information content (AvgIpc) is 4.22. The summed E-state index contributed by atoms with van der Waals surface area (Å²) in [6, 6.07) is 7.89. The lowest BCUT2D eigenvalue weighted by atomic mass is 9.57. The van der Waals surface area contributed by atoms with Gasteiger partial charge in [0.15, 0.2) is 0 Å². The molecule has 468 valence electrons. The van der Waals surface area contributed by atoms with Crippen molar-refractivity contribution in [3.63, 3.8) is 0 Å². The van der Waals surface area contributed by atoms with Crippen molar-refractivity contribution in [1.82, 2.24) is 0 Å². The third-order valence-corrected chi connectivity index (χ3v) is 20.7. The zero-order chi connectivity index (χ0) is 63.2. The first kappa shape index (κ1) is 68.4. The number of aliphatic hydroxyl groups is 2. The second-order valence-electron chi connectivity index (χ2n) is 36.1. The van der Waals surface area contributed by atoms with Crippen LogP contribution in [-0.4, -0.2) is 69.4 Å². The number of Topliss-reactive ketones (excluding diaryl/α,β-unsaturated/α-hetero) is 2. The van der Waals surface area contributed by atoms with Crippen molar-refractivity contribution in [2.24, 2.45) is 73.4 Å². The summed E-state index contributed by atoms with van der Waals surface area (Å²) in [4.78, 5) is 60.0. The minimum atomic E-state index is -1.40. The topological polar surface area (TPSA) is 168 Å². The number of phenolic OH excluding ortho intramolecular Hbond substituents is 2. The van der Waals surface area contributed by atoms with Crippen LogP contribution in [0, 0.1) is 73.4 Å². The number of esters is 2. The molecule has 10 heteroatoms. The van der Waals surface area contributed by atoms with Crippen LogP contribution in [0.3, 0.4) is 0 Å². The Balaban J connectivity index is 1.40. The van der Waals surface area contributed by atoms with Crippen LogP contribution in [0.2, 0.25) is 0 Å². The maximum Gasteiger partial charge on any atom is 0.306 e. The molecule has 83 heavy (non-hydrogen) atoms. The molecule has 10 nitrogen and oxygen atoms in total. The van der Waals surface area contributed by atoms with Crippen LogP contribution in [0.4, 0.5) is 0 Å². The van der Waals surface area contributed by atoms with Gasteiger partial charge in [-0.05, 0) is 163 Å². The second-order valence-corrected chi connectivity index (χ2v) is 36.1. The maximum atomic E-state index is 15.6. The van der Waals surface area contributed by atoms with Crippen LogP contribution < -0.4 is 0 Å². The highest BCUT2D eigenvalue weighted by Gasteiger charge is 2.67. The lowest BCUT2D eigenvalue weighted by Gasteiger charge is -2.50. The van der Waals surface area contributed by atoms with Gasteiger partial charge in [-0.2, -0.15) is 0 Å². The Bertz CT molecular complexity index is 2400. The molecule has 0 aliphatic heterocycles. The molecule has 6 unspecified atom stereocenters. The Labute approximate surface area is 503 Å². The number of phenols is 2. The van der Waals surface area contributed by atoms with Crippen LogP contribution in [-0.2, 0) is 63.2 Å². The fourth-order valence-corrected chi connectivity index (χ4v) is 15.1. The van der Waals surface area contributed by atoms with Crippen molar-refractivity contribution in [1.29, 1.82) is 0 Å². The van der Waals surface area contributed by atoms with Crippen molar-refractivity contribution in [2.75, 3.05) is 13.2 Å². The van der Waals surface area contributed by atoms with Crippen molar-refractivity contribution in [3.8, 4) is 11.5 Å². The van der Waals surface area contributed by atoms with Gasteiger partial charge in [0.1, 0.15) is 36.3 Å². The minimum Gasteiger partial charge on any atom is -0.507 e. The van der Waals surface area contributed by atoms with Gasteiger partial charge in [0.25, 0.3) is 0 Å². The normalized spacial score (nSPS) is 27.4. The maximum absolute atomic E-state index is 15.6. The minimum absolute atomic E-state index is 0.00231. The predicted octanol–water partition coefficient (Wildman–Crippen LogP) is 15.8. The highest BCUT2D eigenvalue weighted by atomic mass is 16.5. The molecule has 6 atom stereocenters. The average molecular weight is 1150 g/mol. The van der Waals surface area contributed by atoms with Crippen molar-refractivity contribution >= 4 is 23.5 Å². The summed E-state index contributed by atoms with van der Waals surface area (Å²) < 4.78 is 12.8. The zero-order valence-corrected chi connectivity index (χ0v) is 56.6. The highest BCUT2D eigenvalue weighted by molar-refractivity contribution is 5.89. The second kappa shape index (κ2) is 23.1. The fourth-order valence-electron chi connectivity index (χ4n) is 15.1. The Morgan fingerprint density at radius 3 is 0.880 bits per heavy atom. The highest BCUT2D eigenvalue weighted by Crippen LogP contribution is 2.70. The fraction of sp³-hybridized carbons (Fsp3) is 0.781. The summed E-state index contributed by atoms with van der Waals surface area (Å²) in [5.41, 5.74) is 0.502. The third kappa shape index (κ3) is 15.7. The number of benzene rings is 2. The van der Waals surface area contributed by atoms with Gasteiger partial charge in [0, 0.05) is 37.5 Å². The van der Waals surface area contributed by atoms with E-state index < -0.39 is 29.6 Å². The number of hydrogen-bond acceptors (Lipinski definition) is 10. The van der Waals surface area contributed by atoms with Gasteiger partial charge in [-0.3, -0.25) is 19.2 Å². The molecule has 4 aliphatic carbocycles. The van der Waals surface area contributed by atoms with Crippen LogP contribution >= 0.6 is 0 Å². The summed E-state index contributed by atoms with van der Waals surface area (Å²) in [6.45, 7) is 50.1. The number of aryl methyl sites for hydroxylation is 2. The van der Waals surface area contributed by atoms with E-state index in [2.05, 4.69) is 166 Å². The first-order chi connectivity index (χ1) is 37.4. The van der Waals surface area contributed by atoms with E-state index in [4.69, 9.17) is 9.47 Å². The van der Waals surface area contributed by atoms with Gasteiger partial charge >= 0.3 is 11.9 Å². The molecule has 0 aromatic heterocycles. The van der Waals surface area contributed by atoms with Crippen LogP contribution in [0.15, 0.2) is 24.3 Å². The Kier molecular flexibility index (Phi) is 19.0. The number of ketones is 2. The van der Waals surface area contributed by atoms with Crippen LogP contribution in [0.5, 0.6) is 11.5 Å². The molecule has 4 fully saturated rings. The predicted molar refractivity (Wildman–Crippen MR) is 335 cm³/mol. The lowest BCUT2D eigenvalue weighted by molar-refractivity contribution is -0.159. The number of aromatic hydroxyl groups is 2. The van der Waals surface area contributed by atoms with E-state index >= 15 is 9.59 Å². The van der Waals surface area contributed by atoms with E-state index in [0.29, 0.717) is 51.4 Å². The summed E-state index contributed by atoms with van der Waals surface area (Å²) in [6.07, 6.45) is 3.47. The van der Waals surface area contributed by atoms with E-state index in [1.807, 2.05) is 24.3 Å². The first-order valence-electron chi connectivity index (χ1n) is 31.8. The van der Waals surface area contributed by atoms with Crippen molar-refractivity contribution < 1.29 is 49.1 Å². The van der Waals surface area contributed by atoms with Gasteiger partial charge in [0.2, 0.25) is 0 Å². The molecule has 2 aromatic rings. The smallest absolute Gasteiger partial charge is 0.306 e. The molecule has 2 aromatic carbocycles. The SMILES string of the molecule is CC(C)(C)c1cc(CCC(=O)OCC(COC(=O)CCc2cc(C(C)(C)C)c(O)c(C(C)(C)C)c2)(CC(=O)C2CC23CC(C(C)(C)C)C(O)C(C(C)(C)C)C3)CC(=O)C2CC23CC(C(C)(C)C)C(O)C(C(C)(C)C)C3)cc(C(C)(C)C)c1O. The Hall–Kier alpha value is -3.76. The first-order valence-corrected chi connectivity index (χ1v) is 31.8. The molecule has 0 amide bonds. The quantitative estimate of drug-likeness (QED) is 0.119. The van der Waals surface area contributed by atoms with Crippen molar-refractivity contribution in [3.05, 3.63) is 57.6 Å². The van der Waals surface area contributed by atoms with Gasteiger partial charge in [-0.25, -0.2) is 0 Å². The monoisotopic (exact) mass is 1150 g/mol. The molecule has 0 heterocycles. The lowest BCUT2D eigenvalue weighted by Crippen LogP contribution is -2.49. The van der Waals surface area contributed by atoms with Gasteiger partial charge in [-0.1, -0.05) is 190 Å². The largest absolute Gasteiger partial charge is 0.507 e. The van der Waals surface area contributed by atoms with Crippen LogP contribution in [0.1, 0.15) is 264 Å². The number of ether oxygens (including phenoxy) is 2. The van der Waals surface area contributed by atoms with E-state index in [1.165, 1.54) is 0 Å². The number of aliphatic hydroxyl groups excluding tert-OH is 2. The van der Waals surface area contributed by atoms with Gasteiger partial charge < -0.3 is 29.9 Å². The molecule has 0 radical (unpaired) electrons. The summed E-state index contributed by atoms with van der Waals surface area (Å²) in [5.74, 6) is -1.41. The summed E-state index contributed by atoms with van der Waals surface area (Å²) in [5, 5.41) is 47.0. The van der Waals surface area contributed by atoms with E-state index in [-0.39, 0.29) is 152 Å². The molecule has 0 saturated heterocycles. The van der Waals surface area contributed by atoms with E-state index in [1.54, 1.807) is 0 Å².